The van der Waals surface area contributed by atoms with Crippen molar-refractivity contribution in [1.29, 1.82) is 0 Å². The molecule has 1 fully saturated rings. The van der Waals surface area contributed by atoms with E-state index in [0.717, 1.165) is 23.3 Å². The Balaban J connectivity index is 1.65. The van der Waals surface area contributed by atoms with Crippen LogP contribution in [-0.2, 0) is 14.9 Å². The van der Waals surface area contributed by atoms with Crippen molar-refractivity contribution in [2.45, 2.75) is 35.3 Å². The summed E-state index contributed by atoms with van der Waals surface area (Å²) in [6, 6.07) is 14.1. The molecular formula is C21H23ClFNO2S. The van der Waals surface area contributed by atoms with Crippen molar-refractivity contribution < 1.29 is 13.9 Å². The molecule has 1 unspecified atom stereocenters. The number of rotatable bonds is 6. The average molecular weight is 408 g/mol. The third kappa shape index (κ3) is 5.24. The highest BCUT2D eigenvalue weighted by Crippen LogP contribution is 2.34. The van der Waals surface area contributed by atoms with Gasteiger partial charge in [0.05, 0.1) is 5.25 Å². The molecule has 1 N–H and O–H groups in total. The van der Waals surface area contributed by atoms with Crippen LogP contribution >= 0.6 is 23.4 Å². The number of carbonyl (C=O) groups excluding carboxylic acids is 1. The molecule has 0 aliphatic carbocycles. The van der Waals surface area contributed by atoms with Gasteiger partial charge in [-0.25, -0.2) is 4.39 Å². The van der Waals surface area contributed by atoms with Gasteiger partial charge < -0.3 is 10.1 Å². The third-order valence-electron chi connectivity index (χ3n) is 5.00. The lowest BCUT2D eigenvalue weighted by Gasteiger charge is -2.38. The number of carbonyl (C=O) groups is 1. The van der Waals surface area contributed by atoms with Crippen LogP contribution in [0.25, 0.3) is 0 Å². The van der Waals surface area contributed by atoms with Gasteiger partial charge in [0.25, 0.3) is 0 Å². The molecule has 1 aliphatic rings. The zero-order chi connectivity index (χ0) is 19.3. The van der Waals surface area contributed by atoms with Crippen LogP contribution in [0.15, 0.2) is 53.4 Å². The fraction of sp³-hybridized carbons (Fsp3) is 0.381. The molecule has 2 aromatic carbocycles. The third-order valence-corrected chi connectivity index (χ3v) is 6.37. The Morgan fingerprint density at radius 2 is 1.81 bits per heavy atom. The summed E-state index contributed by atoms with van der Waals surface area (Å²) in [5.41, 5.74) is 0.831. The van der Waals surface area contributed by atoms with Crippen LogP contribution in [-0.4, -0.2) is 30.9 Å². The molecule has 3 nitrogen and oxygen atoms in total. The summed E-state index contributed by atoms with van der Waals surface area (Å²) >= 11 is 7.41. The summed E-state index contributed by atoms with van der Waals surface area (Å²) in [4.78, 5) is 13.6. The lowest BCUT2D eigenvalue weighted by Crippen LogP contribution is -2.46. The number of benzene rings is 2. The molecule has 6 heteroatoms. The maximum absolute atomic E-state index is 13.3. The van der Waals surface area contributed by atoms with E-state index < -0.39 is 0 Å². The standard InChI is InChI=1S/C21H23ClFNO2S/c1-15(27-19-8-4-17(22)5-9-19)20(25)24-14-21(10-12-26-13-11-21)16-2-6-18(23)7-3-16/h2-9,15H,10-14H2,1H3,(H,24,25). The molecule has 144 valence electrons. The predicted octanol–water partition coefficient (Wildman–Crippen LogP) is 4.82. The lowest BCUT2D eigenvalue weighted by molar-refractivity contribution is -0.120. The van der Waals surface area contributed by atoms with Crippen molar-refractivity contribution in [1.82, 2.24) is 5.32 Å². The molecular weight excluding hydrogens is 385 g/mol. The van der Waals surface area contributed by atoms with Gasteiger partial charge in [0.1, 0.15) is 5.82 Å². The van der Waals surface area contributed by atoms with E-state index in [9.17, 15) is 9.18 Å². The fourth-order valence-electron chi connectivity index (χ4n) is 3.30. The van der Waals surface area contributed by atoms with E-state index in [1.54, 1.807) is 0 Å². The van der Waals surface area contributed by atoms with Gasteiger partial charge in [-0.1, -0.05) is 23.7 Å². The van der Waals surface area contributed by atoms with Crippen LogP contribution < -0.4 is 5.32 Å². The van der Waals surface area contributed by atoms with E-state index in [1.165, 1.54) is 23.9 Å². The minimum atomic E-state index is -0.252. The molecule has 0 spiro atoms. The normalized spacial score (nSPS) is 17.3. The van der Waals surface area contributed by atoms with Crippen molar-refractivity contribution in [2.24, 2.45) is 0 Å². The topological polar surface area (TPSA) is 38.3 Å². The molecule has 1 saturated heterocycles. The fourth-order valence-corrected chi connectivity index (χ4v) is 4.32. The number of ether oxygens (including phenoxy) is 1. The van der Waals surface area contributed by atoms with Crippen molar-refractivity contribution in [3.63, 3.8) is 0 Å². The van der Waals surface area contributed by atoms with E-state index in [-0.39, 0.29) is 22.4 Å². The Hall–Kier alpha value is -1.56. The summed E-state index contributed by atoms with van der Waals surface area (Å²) in [6.07, 6.45) is 1.61. The van der Waals surface area contributed by atoms with Gasteiger partial charge in [0.15, 0.2) is 0 Å². The highest BCUT2D eigenvalue weighted by molar-refractivity contribution is 8.00. The van der Waals surface area contributed by atoms with Gasteiger partial charge in [0, 0.05) is 35.1 Å². The molecule has 0 aromatic heterocycles. The van der Waals surface area contributed by atoms with E-state index in [4.69, 9.17) is 16.3 Å². The van der Waals surface area contributed by atoms with Crippen LogP contribution in [0.2, 0.25) is 5.02 Å². The molecule has 0 radical (unpaired) electrons. The van der Waals surface area contributed by atoms with Gasteiger partial charge in [-0.2, -0.15) is 0 Å². The minimum absolute atomic E-state index is 0.0112. The zero-order valence-corrected chi connectivity index (χ0v) is 16.8. The highest BCUT2D eigenvalue weighted by Gasteiger charge is 2.35. The number of hydrogen-bond donors (Lipinski definition) is 1. The van der Waals surface area contributed by atoms with Crippen molar-refractivity contribution >= 4 is 29.3 Å². The van der Waals surface area contributed by atoms with Gasteiger partial charge >= 0.3 is 0 Å². The second-order valence-electron chi connectivity index (χ2n) is 6.83. The van der Waals surface area contributed by atoms with E-state index in [2.05, 4.69) is 5.32 Å². The van der Waals surface area contributed by atoms with Crippen molar-refractivity contribution in [3.8, 4) is 0 Å². The molecule has 1 atom stereocenters. The monoisotopic (exact) mass is 407 g/mol. The van der Waals surface area contributed by atoms with Crippen LogP contribution in [0.1, 0.15) is 25.3 Å². The number of nitrogens with one attached hydrogen (secondary N) is 1. The Labute approximate surface area is 168 Å². The van der Waals surface area contributed by atoms with Crippen LogP contribution in [0.4, 0.5) is 4.39 Å². The Morgan fingerprint density at radius 1 is 1.19 bits per heavy atom. The number of hydrogen-bond acceptors (Lipinski definition) is 3. The molecule has 3 rings (SSSR count). The average Bonchev–Trinajstić information content (AvgIpc) is 2.69. The lowest BCUT2D eigenvalue weighted by atomic mass is 9.74. The number of amides is 1. The molecule has 27 heavy (non-hydrogen) atoms. The second-order valence-corrected chi connectivity index (χ2v) is 8.68. The number of halogens is 2. The smallest absolute Gasteiger partial charge is 0.233 e. The highest BCUT2D eigenvalue weighted by atomic mass is 35.5. The summed E-state index contributed by atoms with van der Waals surface area (Å²) in [7, 11) is 0. The van der Waals surface area contributed by atoms with Crippen LogP contribution in [0, 0.1) is 5.82 Å². The van der Waals surface area contributed by atoms with Crippen LogP contribution in [0.3, 0.4) is 0 Å². The van der Waals surface area contributed by atoms with Crippen LogP contribution in [0.5, 0.6) is 0 Å². The summed E-state index contributed by atoms with van der Waals surface area (Å²) in [6.45, 7) is 3.69. The maximum atomic E-state index is 13.3. The molecule has 1 amide bonds. The molecule has 1 aliphatic heterocycles. The van der Waals surface area contributed by atoms with E-state index >= 15 is 0 Å². The maximum Gasteiger partial charge on any atom is 0.233 e. The second kappa shape index (κ2) is 9.09. The Morgan fingerprint density at radius 3 is 2.44 bits per heavy atom. The predicted molar refractivity (Wildman–Crippen MR) is 108 cm³/mol. The first-order chi connectivity index (χ1) is 13.0. The molecule has 0 saturated carbocycles. The Kier molecular flexibility index (Phi) is 6.79. The van der Waals surface area contributed by atoms with Gasteiger partial charge in [-0.3, -0.25) is 4.79 Å². The zero-order valence-electron chi connectivity index (χ0n) is 15.2. The Bertz CT molecular complexity index is 761. The van der Waals surface area contributed by atoms with Crippen molar-refractivity contribution in [2.75, 3.05) is 19.8 Å². The first kappa shape index (κ1) is 20.2. The number of thioether (sulfide) groups is 1. The quantitative estimate of drug-likeness (QED) is 0.697. The van der Waals surface area contributed by atoms with Gasteiger partial charge in [-0.15, -0.1) is 11.8 Å². The van der Waals surface area contributed by atoms with E-state index in [1.807, 2.05) is 43.3 Å². The minimum Gasteiger partial charge on any atom is -0.381 e. The first-order valence-electron chi connectivity index (χ1n) is 9.02. The SMILES string of the molecule is CC(Sc1ccc(Cl)cc1)C(=O)NCC1(c2ccc(F)cc2)CCOCC1. The van der Waals surface area contributed by atoms with Crippen molar-refractivity contribution in [3.05, 3.63) is 64.9 Å². The summed E-state index contributed by atoms with van der Waals surface area (Å²) in [5.74, 6) is -0.263. The van der Waals surface area contributed by atoms with E-state index in [0.29, 0.717) is 24.8 Å². The molecule has 1 heterocycles. The molecule has 2 aromatic rings. The largest absolute Gasteiger partial charge is 0.381 e. The summed E-state index contributed by atoms with van der Waals surface area (Å²) < 4.78 is 18.8. The summed E-state index contributed by atoms with van der Waals surface area (Å²) in [5, 5.41) is 3.55. The molecule has 0 bridgehead atoms. The first-order valence-corrected chi connectivity index (χ1v) is 10.3. The van der Waals surface area contributed by atoms with Gasteiger partial charge in [0.2, 0.25) is 5.91 Å². The van der Waals surface area contributed by atoms with Gasteiger partial charge in [-0.05, 0) is 61.7 Å².